The standard InChI is InChI=1S/C13H17N3O3/c1-8(4-12(14)17)15-6-9-2-3-11-10(5-9)16-13(18)7-19-11/h2-3,5,8,15H,4,6-7H2,1H3,(H2,14,17)(H,16,18). The van der Waals surface area contributed by atoms with E-state index in [1.165, 1.54) is 0 Å². The van der Waals surface area contributed by atoms with Crippen LogP contribution in [0.5, 0.6) is 5.75 Å². The molecule has 1 unspecified atom stereocenters. The Balaban J connectivity index is 1.96. The van der Waals surface area contributed by atoms with Crippen molar-refractivity contribution in [1.82, 2.24) is 5.32 Å². The second-order valence-corrected chi connectivity index (χ2v) is 4.62. The fourth-order valence-electron chi connectivity index (χ4n) is 1.91. The van der Waals surface area contributed by atoms with Crippen molar-refractivity contribution >= 4 is 17.5 Å². The molecule has 0 saturated carbocycles. The van der Waals surface area contributed by atoms with Crippen LogP contribution in [0.15, 0.2) is 18.2 Å². The van der Waals surface area contributed by atoms with Crippen LogP contribution in [-0.4, -0.2) is 24.5 Å². The molecule has 2 amide bonds. The first kappa shape index (κ1) is 13.4. The molecule has 0 radical (unpaired) electrons. The van der Waals surface area contributed by atoms with E-state index >= 15 is 0 Å². The maximum Gasteiger partial charge on any atom is 0.262 e. The molecule has 19 heavy (non-hydrogen) atoms. The molecule has 0 spiro atoms. The average Bonchev–Trinajstić information content (AvgIpc) is 2.35. The molecule has 1 aromatic carbocycles. The molecule has 1 heterocycles. The number of primary amides is 1. The number of amides is 2. The van der Waals surface area contributed by atoms with Crippen LogP contribution in [0, 0.1) is 0 Å². The van der Waals surface area contributed by atoms with E-state index < -0.39 is 0 Å². The van der Waals surface area contributed by atoms with Crippen LogP contribution in [0.3, 0.4) is 0 Å². The van der Waals surface area contributed by atoms with Gasteiger partial charge < -0.3 is 21.1 Å². The number of anilines is 1. The summed E-state index contributed by atoms with van der Waals surface area (Å²) in [5.74, 6) is 0.194. The number of ether oxygens (including phenoxy) is 1. The quantitative estimate of drug-likeness (QED) is 0.715. The zero-order valence-electron chi connectivity index (χ0n) is 10.7. The number of hydrogen-bond acceptors (Lipinski definition) is 4. The van der Waals surface area contributed by atoms with Crippen molar-refractivity contribution < 1.29 is 14.3 Å². The zero-order valence-corrected chi connectivity index (χ0v) is 10.7. The van der Waals surface area contributed by atoms with Crippen LogP contribution < -0.4 is 21.1 Å². The van der Waals surface area contributed by atoms with E-state index in [-0.39, 0.29) is 24.5 Å². The molecule has 1 aliphatic rings. The minimum absolute atomic E-state index is 0.0133. The number of fused-ring (bicyclic) bond motifs is 1. The van der Waals surface area contributed by atoms with Crippen LogP contribution in [0.1, 0.15) is 18.9 Å². The molecular weight excluding hydrogens is 246 g/mol. The number of carbonyl (C=O) groups excluding carboxylic acids is 2. The first-order chi connectivity index (χ1) is 9.04. The molecule has 4 N–H and O–H groups in total. The molecule has 1 aromatic rings. The minimum atomic E-state index is -0.328. The molecule has 102 valence electrons. The van der Waals surface area contributed by atoms with Crippen molar-refractivity contribution in [3.05, 3.63) is 23.8 Å². The summed E-state index contributed by atoms with van der Waals surface area (Å²) in [6, 6.07) is 5.61. The van der Waals surface area contributed by atoms with E-state index in [1.807, 2.05) is 25.1 Å². The van der Waals surface area contributed by atoms with Crippen molar-refractivity contribution in [2.24, 2.45) is 5.73 Å². The van der Waals surface area contributed by atoms with Crippen LogP contribution in [0.2, 0.25) is 0 Å². The molecule has 0 fully saturated rings. The van der Waals surface area contributed by atoms with Gasteiger partial charge in [0.1, 0.15) is 5.75 Å². The summed E-state index contributed by atoms with van der Waals surface area (Å²) in [5, 5.41) is 5.95. The number of nitrogens with one attached hydrogen (secondary N) is 2. The Morgan fingerprint density at radius 1 is 1.58 bits per heavy atom. The van der Waals surface area contributed by atoms with Crippen LogP contribution in [0.25, 0.3) is 0 Å². The van der Waals surface area contributed by atoms with Gasteiger partial charge in [0.25, 0.3) is 5.91 Å². The van der Waals surface area contributed by atoms with Gasteiger partial charge in [0.2, 0.25) is 5.91 Å². The van der Waals surface area contributed by atoms with Crippen molar-refractivity contribution in [2.75, 3.05) is 11.9 Å². The van der Waals surface area contributed by atoms with Crippen LogP contribution in [0.4, 0.5) is 5.69 Å². The SMILES string of the molecule is CC(CC(N)=O)NCc1ccc2c(c1)NC(=O)CO2. The third-order valence-corrected chi connectivity index (χ3v) is 2.84. The summed E-state index contributed by atoms with van der Waals surface area (Å²) in [7, 11) is 0. The normalized spacial score (nSPS) is 15.1. The molecule has 0 bridgehead atoms. The summed E-state index contributed by atoms with van der Waals surface area (Å²) in [6.45, 7) is 2.55. The van der Waals surface area contributed by atoms with E-state index in [4.69, 9.17) is 10.5 Å². The Kier molecular flexibility index (Phi) is 4.01. The highest BCUT2D eigenvalue weighted by molar-refractivity contribution is 5.95. The molecule has 6 nitrogen and oxygen atoms in total. The van der Waals surface area contributed by atoms with E-state index in [0.29, 0.717) is 24.4 Å². The highest BCUT2D eigenvalue weighted by Gasteiger charge is 2.16. The van der Waals surface area contributed by atoms with Crippen molar-refractivity contribution in [3.63, 3.8) is 0 Å². The van der Waals surface area contributed by atoms with E-state index in [2.05, 4.69) is 10.6 Å². The molecule has 0 aromatic heterocycles. The van der Waals surface area contributed by atoms with Gasteiger partial charge >= 0.3 is 0 Å². The number of nitrogens with two attached hydrogens (primary N) is 1. The fourth-order valence-corrected chi connectivity index (χ4v) is 1.91. The Hall–Kier alpha value is -2.08. The lowest BCUT2D eigenvalue weighted by Crippen LogP contribution is -2.30. The largest absolute Gasteiger partial charge is 0.482 e. The lowest BCUT2D eigenvalue weighted by Gasteiger charge is -2.19. The topological polar surface area (TPSA) is 93.5 Å². The van der Waals surface area contributed by atoms with Gasteiger partial charge in [-0.3, -0.25) is 9.59 Å². The first-order valence-electron chi connectivity index (χ1n) is 6.12. The highest BCUT2D eigenvalue weighted by atomic mass is 16.5. The minimum Gasteiger partial charge on any atom is -0.482 e. The Bertz CT molecular complexity index is 502. The molecule has 0 saturated heterocycles. The first-order valence-corrected chi connectivity index (χ1v) is 6.12. The van der Waals surface area contributed by atoms with Gasteiger partial charge in [0.05, 0.1) is 5.69 Å². The van der Waals surface area contributed by atoms with Gasteiger partial charge in [-0.25, -0.2) is 0 Å². The summed E-state index contributed by atoms with van der Waals surface area (Å²) in [6.07, 6.45) is 0.296. The van der Waals surface area contributed by atoms with Crippen molar-refractivity contribution in [3.8, 4) is 5.75 Å². The number of carbonyl (C=O) groups is 2. The van der Waals surface area contributed by atoms with Gasteiger partial charge in [-0.2, -0.15) is 0 Å². The molecule has 1 aliphatic heterocycles. The van der Waals surface area contributed by atoms with Gasteiger partial charge in [-0.15, -0.1) is 0 Å². The smallest absolute Gasteiger partial charge is 0.262 e. The summed E-state index contributed by atoms with van der Waals surface area (Å²) in [5.41, 5.74) is 6.81. The summed E-state index contributed by atoms with van der Waals surface area (Å²) < 4.78 is 5.28. The highest BCUT2D eigenvalue weighted by Crippen LogP contribution is 2.28. The van der Waals surface area contributed by atoms with Gasteiger partial charge in [-0.05, 0) is 24.6 Å². The van der Waals surface area contributed by atoms with E-state index in [0.717, 1.165) is 5.56 Å². The molecule has 2 rings (SSSR count). The predicted molar refractivity (Wildman–Crippen MR) is 70.7 cm³/mol. The van der Waals surface area contributed by atoms with Crippen molar-refractivity contribution in [2.45, 2.75) is 25.9 Å². The maximum atomic E-state index is 11.2. The molecule has 0 aliphatic carbocycles. The predicted octanol–water partition coefficient (Wildman–Crippen LogP) is 0.371. The van der Waals surface area contributed by atoms with Gasteiger partial charge in [0.15, 0.2) is 6.61 Å². The molecule has 6 heteroatoms. The number of hydrogen-bond donors (Lipinski definition) is 3. The van der Waals surface area contributed by atoms with Crippen LogP contribution >= 0.6 is 0 Å². The maximum absolute atomic E-state index is 11.2. The Morgan fingerprint density at radius 3 is 3.11 bits per heavy atom. The Morgan fingerprint density at radius 2 is 2.37 bits per heavy atom. The molecule has 1 atom stereocenters. The lowest BCUT2D eigenvalue weighted by molar-refractivity contribution is -0.119. The third-order valence-electron chi connectivity index (χ3n) is 2.84. The van der Waals surface area contributed by atoms with E-state index in [9.17, 15) is 9.59 Å². The van der Waals surface area contributed by atoms with Gasteiger partial charge in [-0.1, -0.05) is 6.07 Å². The average molecular weight is 263 g/mol. The summed E-state index contributed by atoms with van der Waals surface area (Å²) in [4.78, 5) is 22.0. The molecular formula is C13H17N3O3. The van der Waals surface area contributed by atoms with Crippen LogP contribution in [-0.2, 0) is 16.1 Å². The summed E-state index contributed by atoms with van der Waals surface area (Å²) >= 11 is 0. The second-order valence-electron chi connectivity index (χ2n) is 4.62. The number of benzene rings is 1. The van der Waals surface area contributed by atoms with Crippen molar-refractivity contribution in [1.29, 1.82) is 0 Å². The Labute approximate surface area is 111 Å². The van der Waals surface area contributed by atoms with E-state index in [1.54, 1.807) is 0 Å². The lowest BCUT2D eigenvalue weighted by atomic mass is 10.1. The second kappa shape index (κ2) is 5.71. The van der Waals surface area contributed by atoms with Gasteiger partial charge in [0, 0.05) is 19.0 Å². The monoisotopic (exact) mass is 263 g/mol. The number of rotatable bonds is 5. The fraction of sp³-hybridized carbons (Fsp3) is 0.385. The zero-order chi connectivity index (χ0) is 13.8. The third kappa shape index (κ3) is 3.69.